The molecule has 1 aromatic carbocycles. The van der Waals surface area contributed by atoms with Crippen molar-refractivity contribution in [3.63, 3.8) is 0 Å². The van der Waals surface area contributed by atoms with Gasteiger partial charge in [0, 0.05) is 17.5 Å². The summed E-state index contributed by atoms with van der Waals surface area (Å²) in [5.74, 6) is 1.66. The Bertz CT molecular complexity index is 624. The average Bonchev–Trinajstić information content (AvgIpc) is 3.01. The standard InChI is InChI=1S/C15H18N2O2S/c1-9(15-10(2)17-11(3)20-15)16-7-12-4-5-13-14(6-12)19-8-18-13/h4-6,9,16H,7-8H2,1-3H3. The second-order valence-electron chi connectivity index (χ2n) is 4.97. The molecule has 0 fully saturated rings. The molecule has 0 amide bonds. The van der Waals surface area contributed by atoms with Crippen LogP contribution in [0.25, 0.3) is 0 Å². The van der Waals surface area contributed by atoms with Gasteiger partial charge in [-0.1, -0.05) is 6.07 Å². The molecular weight excluding hydrogens is 272 g/mol. The molecule has 1 aromatic heterocycles. The van der Waals surface area contributed by atoms with Crippen molar-refractivity contribution in [3.8, 4) is 11.5 Å². The minimum absolute atomic E-state index is 0.298. The van der Waals surface area contributed by atoms with Crippen LogP contribution >= 0.6 is 11.3 Å². The number of nitrogens with zero attached hydrogens (tertiary/aromatic N) is 1. The minimum atomic E-state index is 0.298. The smallest absolute Gasteiger partial charge is 0.231 e. The Morgan fingerprint density at radius 3 is 2.85 bits per heavy atom. The van der Waals surface area contributed by atoms with Crippen molar-refractivity contribution in [3.05, 3.63) is 39.3 Å². The molecule has 1 N–H and O–H groups in total. The second kappa shape index (κ2) is 5.42. The molecule has 0 bridgehead atoms. The van der Waals surface area contributed by atoms with Gasteiger partial charge >= 0.3 is 0 Å². The molecule has 0 aliphatic carbocycles. The summed E-state index contributed by atoms with van der Waals surface area (Å²) < 4.78 is 10.7. The maximum absolute atomic E-state index is 5.40. The van der Waals surface area contributed by atoms with Crippen LogP contribution in [-0.4, -0.2) is 11.8 Å². The molecule has 0 saturated carbocycles. The monoisotopic (exact) mass is 290 g/mol. The molecular formula is C15H18N2O2S. The van der Waals surface area contributed by atoms with Gasteiger partial charge in [-0.3, -0.25) is 0 Å². The van der Waals surface area contributed by atoms with E-state index in [1.807, 2.05) is 19.1 Å². The van der Waals surface area contributed by atoms with Crippen LogP contribution in [-0.2, 0) is 6.54 Å². The molecule has 3 rings (SSSR count). The highest BCUT2D eigenvalue weighted by atomic mass is 32.1. The Morgan fingerprint density at radius 2 is 2.10 bits per heavy atom. The van der Waals surface area contributed by atoms with Gasteiger partial charge in [0.2, 0.25) is 6.79 Å². The van der Waals surface area contributed by atoms with Crippen LogP contribution in [0.4, 0.5) is 0 Å². The van der Waals surface area contributed by atoms with Crippen molar-refractivity contribution < 1.29 is 9.47 Å². The largest absolute Gasteiger partial charge is 0.454 e. The van der Waals surface area contributed by atoms with Gasteiger partial charge in [0.1, 0.15) is 0 Å². The topological polar surface area (TPSA) is 43.4 Å². The minimum Gasteiger partial charge on any atom is -0.454 e. The Hall–Kier alpha value is -1.59. The van der Waals surface area contributed by atoms with E-state index in [2.05, 4.69) is 30.2 Å². The molecule has 0 spiro atoms. The summed E-state index contributed by atoms with van der Waals surface area (Å²) in [5, 5.41) is 4.65. The Balaban J connectivity index is 1.66. The lowest BCUT2D eigenvalue weighted by Gasteiger charge is -2.13. The third-order valence-corrected chi connectivity index (χ3v) is 4.64. The van der Waals surface area contributed by atoms with Crippen molar-refractivity contribution in [2.75, 3.05) is 6.79 Å². The summed E-state index contributed by atoms with van der Waals surface area (Å²) in [4.78, 5) is 5.78. The summed E-state index contributed by atoms with van der Waals surface area (Å²) >= 11 is 1.76. The average molecular weight is 290 g/mol. The zero-order valence-corrected chi connectivity index (χ0v) is 12.7. The maximum Gasteiger partial charge on any atom is 0.231 e. The summed E-state index contributed by atoms with van der Waals surface area (Å²) in [6.45, 7) is 7.41. The van der Waals surface area contributed by atoms with E-state index in [1.54, 1.807) is 11.3 Å². The van der Waals surface area contributed by atoms with Gasteiger partial charge in [0.05, 0.1) is 10.7 Å². The summed E-state index contributed by atoms with van der Waals surface area (Å²) in [7, 11) is 0. The van der Waals surface area contributed by atoms with Crippen LogP contribution in [0.5, 0.6) is 11.5 Å². The Kier molecular flexibility index (Phi) is 3.63. The number of ether oxygens (including phenoxy) is 2. The van der Waals surface area contributed by atoms with Crippen molar-refractivity contribution in [1.82, 2.24) is 10.3 Å². The van der Waals surface area contributed by atoms with Crippen LogP contribution in [0.15, 0.2) is 18.2 Å². The first-order valence-corrected chi connectivity index (χ1v) is 7.51. The van der Waals surface area contributed by atoms with Gasteiger partial charge in [-0.25, -0.2) is 4.98 Å². The maximum atomic E-state index is 5.40. The van der Waals surface area contributed by atoms with E-state index in [-0.39, 0.29) is 0 Å². The van der Waals surface area contributed by atoms with Crippen LogP contribution in [0.2, 0.25) is 0 Å². The molecule has 0 saturated heterocycles. The number of hydrogen-bond acceptors (Lipinski definition) is 5. The van der Waals surface area contributed by atoms with Gasteiger partial charge in [-0.05, 0) is 38.5 Å². The van der Waals surface area contributed by atoms with Gasteiger partial charge in [-0.15, -0.1) is 11.3 Å². The van der Waals surface area contributed by atoms with Crippen molar-refractivity contribution >= 4 is 11.3 Å². The third-order valence-electron chi connectivity index (χ3n) is 3.38. The van der Waals surface area contributed by atoms with E-state index in [4.69, 9.17) is 9.47 Å². The van der Waals surface area contributed by atoms with E-state index < -0.39 is 0 Å². The fourth-order valence-electron chi connectivity index (χ4n) is 2.36. The third kappa shape index (κ3) is 2.64. The molecule has 20 heavy (non-hydrogen) atoms. The zero-order chi connectivity index (χ0) is 14.1. The molecule has 2 aromatic rings. The van der Waals surface area contributed by atoms with E-state index in [1.165, 1.54) is 10.4 Å². The number of hydrogen-bond donors (Lipinski definition) is 1. The number of rotatable bonds is 4. The molecule has 1 aliphatic heterocycles. The van der Waals surface area contributed by atoms with Crippen molar-refractivity contribution in [2.24, 2.45) is 0 Å². The van der Waals surface area contributed by atoms with Crippen molar-refractivity contribution in [2.45, 2.75) is 33.4 Å². The van der Waals surface area contributed by atoms with Crippen LogP contribution in [0, 0.1) is 13.8 Å². The van der Waals surface area contributed by atoms with Gasteiger partial charge < -0.3 is 14.8 Å². The zero-order valence-electron chi connectivity index (χ0n) is 11.9. The SMILES string of the molecule is Cc1nc(C)c(C(C)NCc2ccc3c(c2)OCO3)s1. The lowest BCUT2D eigenvalue weighted by atomic mass is 10.1. The first-order chi connectivity index (χ1) is 9.63. The molecule has 0 radical (unpaired) electrons. The van der Waals surface area contributed by atoms with Gasteiger partial charge in [0.15, 0.2) is 11.5 Å². The second-order valence-corrected chi connectivity index (χ2v) is 6.21. The fraction of sp³-hybridized carbons (Fsp3) is 0.400. The molecule has 2 heterocycles. The first kappa shape index (κ1) is 13.4. The normalized spacial score (nSPS) is 14.6. The number of nitrogens with one attached hydrogen (secondary N) is 1. The molecule has 1 unspecified atom stereocenters. The lowest BCUT2D eigenvalue weighted by Crippen LogP contribution is -2.17. The molecule has 1 aliphatic rings. The van der Waals surface area contributed by atoms with Crippen LogP contribution < -0.4 is 14.8 Å². The highest BCUT2D eigenvalue weighted by molar-refractivity contribution is 7.11. The molecule has 4 nitrogen and oxygen atoms in total. The molecule has 1 atom stereocenters. The summed E-state index contributed by atoms with van der Waals surface area (Å²) in [5.41, 5.74) is 2.32. The number of benzene rings is 1. The number of fused-ring (bicyclic) bond motifs is 1. The van der Waals surface area contributed by atoms with Crippen molar-refractivity contribution in [1.29, 1.82) is 0 Å². The highest BCUT2D eigenvalue weighted by Crippen LogP contribution is 2.32. The fourth-order valence-corrected chi connectivity index (χ4v) is 3.32. The first-order valence-electron chi connectivity index (χ1n) is 6.69. The quantitative estimate of drug-likeness (QED) is 0.938. The summed E-state index contributed by atoms with van der Waals surface area (Å²) in [6, 6.07) is 6.36. The Labute approximate surface area is 122 Å². The van der Waals surface area contributed by atoms with E-state index >= 15 is 0 Å². The lowest BCUT2D eigenvalue weighted by molar-refractivity contribution is 0.174. The predicted molar refractivity (Wildman–Crippen MR) is 79.4 cm³/mol. The summed E-state index contributed by atoms with van der Waals surface area (Å²) in [6.07, 6.45) is 0. The van der Waals surface area contributed by atoms with Gasteiger partial charge in [0.25, 0.3) is 0 Å². The van der Waals surface area contributed by atoms with Crippen LogP contribution in [0.3, 0.4) is 0 Å². The van der Waals surface area contributed by atoms with Gasteiger partial charge in [-0.2, -0.15) is 0 Å². The molecule has 106 valence electrons. The van der Waals surface area contributed by atoms with E-state index in [0.29, 0.717) is 12.8 Å². The number of aryl methyl sites for hydroxylation is 2. The molecule has 5 heteroatoms. The highest BCUT2D eigenvalue weighted by Gasteiger charge is 2.15. The van der Waals surface area contributed by atoms with Crippen LogP contribution in [0.1, 0.15) is 34.1 Å². The predicted octanol–water partition coefficient (Wildman–Crippen LogP) is 3.34. The van der Waals surface area contributed by atoms with E-state index in [0.717, 1.165) is 28.7 Å². The Morgan fingerprint density at radius 1 is 1.30 bits per heavy atom. The number of aromatic nitrogens is 1. The number of thiazole rings is 1. The van der Waals surface area contributed by atoms with E-state index in [9.17, 15) is 0 Å².